The van der Waals surface area contributed by atoms with Crippen LogP contribution in [0.1, 0.15) is 0 Å². The fourth-order valence-corrected chi connectivity index (χ4v) is 0. The maximum absolute atomic E-state index is 8.60. The second-order valence-electron chi connectivity index (χ2n) is 0.479. The van der Waals surface area contributed by atoms with E-state index < -0.39 is 19.5 Å². The first kappa shape index (κ1) is 10.8. The van der Waals surface area contributed by atoms with E-state index in [-0.39, 0.29) is 0 Å². The lowest BCUT2D eigenvalue weighted by Crippen LogP contribution is -2.58. The summed E-state index contributed by atoms with van der Waals surface area (Å²) in [5.74, 6) is 0. The Bertz CT molecular complexity index is 69.0. The van der Waals surface area contributed by atoms with Gasteiger partial charge in [-0.15, -0.1) is 0 Å². The highest BCUT2D eigenvalue weighted by Crippen LogP contribution is 1.60. The Morgan fingerprint density at radius 2 is 1.25 bits per heavy atom. The lowest BCUT2D eigenvalue weighted by molar-refractivity contribution is -1.92. The van der Waals surface area contributed by atoms with Gasteiger partial charge in [0.1, 0.15) is 0 Å². The van der Waals surface area contributed by atoms with Crippen molar-refractivity contribution in [1.29, 1.82) is 0 Å². The van der Waals surface area contributed by atoms with Gasteiger partial charge in [0.15, 0.2) is 0 Å². The second kappa shape index (κ2) is 5.09. The summed E-state index contributed by atoms with van der Waals surface area (Å²) in [7, 11) is -6.11. The van der Waals surface area contributed by atoms with Crippen molar-refractivity contribution in [2.75, 3.05) is 0 Å². The van der Waals surface area contributed by atoms with Crippen molar-refractivity contribution in [2.45, 2.75) is 0 Å². The molecule has 0 radical (unpaired) electrons. The van der Waals surface area contributed by atoms with Crippen molar-refractivity contribution in [3.05, 3.63) is 0 Å². The molecule has 0 saturated carbocycles. The van der Waals surface area contributed by atoms with Crippen LogP contribution < -0.4 is 14.0 Å². The minimum absolute atomic E-state index is 1.42. The number of rotatable bonds is 0. The first-order valence-corrected chi connectivity index (χ1v) is 3.12. The Labute approximate surface area is 48.0 Å². The van der Waals surface area contributed by atoms with E-state index in [9.17, 15) is 0 Å². The van der Waals surface area contributed by atoms with Gasteiger partial charge in [0.2, 0.25) is 0 Å². The predicted molar refractivity (Wildman–Crippen MR) is 9.35 cm³/mol. The van der Waals surface area contributed by atoms with Gasteiger partial charge in [0, 0.05) is 0 Å². The van der Waals surface area contributed by atoms with E-state index in [0.717, 1.165) is 0 Å². The van der Waals surface area contributed by atoms with Crippen LogP contribution in [0.15, 0.2) is 0 Å². The Hall–Kier alpha value is -0.0531. The molecule has 0 aliphatic heterocycles. The summed E-state index contributed by atoms with van der Waals surface area (Å²) in [5, 5.41) is 0. The molecule has 0 rings (SSSR count). The molecule has 0 saturated heterocycles. The number of hydrogen-bond acceptors (Lipinski definition) is 6. The molecule has 0 aliphatic rings. The molecule has 0 spiro atoms. The minimum atomic E-state index is -4.69. The molecule has 0 atom stereocenters. The summed E-state index contributed by atoms with van der Waals surface area (Å²) in [6, 6.07) is 0. The normalized spacial score (nSPS) is 8.50. The van der Waals surface area contributed by atoms with Crippen LogP contribution in [-0.2, 0) is 8.92 Å². The van der Waals surface area contributed by atoms with E-state index in [0.29, 0.717) is 0 Å². The first-order valence-electron chi connectivity index (χ1n) is 1.04. The van der Waals surface area contributed by atoms with Gasteiger partial charge >= 0.3 is 9.29 Å². The summed E-state index contributed by atoms with van der Waals surface area (Å²) in [5.41, 5.74) is 0. The van der Waals surface area contributed by atoms with Gasteiger partial charge in [-0.2, -0.15) is 14.0 Å². The van der Waals surface area contributed by atoms with Crippen LogP contribution in [0.4, 0.5) is 0 Å². The third kappa shape index (κ3) is 51600. The zero-order valence-corrected chi connectivity index (χ0v) is 5.12. The molecule has 0 amide bonds. The topological polar surface area (TPSA) is 124 Å². The Morgan fingerprint density at radius 1 is 1.25 bits per heavy atom. The van der Waals surface area contributed by atoms with Crippen molar-refractivity contribution in [3.63, 3.8) is 0 Å². The fraction of sp³-hybridized carbons (Fsp3) is 0. The minimum Gasteiger partial charge on any atom is -0.274 e. The molecular weight excluding hydrogens is 160 g/mol. The third-order valence-electron chi connectivity index (χ3n) is 0. The molecule has 1 N–H and O–H groups in total. The molecule has 0 aromatic rings. The molecule has 0 fully saturated rings. The highest BCUT2D eigenvalue weighted by atomic mass is 35.7. The van der Waals surface area contributed by atoms with Crippen LogP contribution in [0.25, 0.3) is 0 Å². The molecule has 48 valence electrons. The van der Waals surface area contributed by atoms with E-state index in [1.165, 1.54) is 0 Å². The number of hydrogen-bond donors (Lipinski definition) is 1. The largest absolute Gasteiger partial charge is 0.549 e. The SMILES string of the molecule is O=[Si]=O.[O-][Cl+3]([O-])([O-])O. The Balaban J connectivity index is 0. The zero-order chi connectivity index (χ0) is 7.21. The van der Waals surface area contributed by atoms with Crippen LogP contribution >= 0.6 is 0 Å². The van der Waals surface area contributed by atoms with Crippen molar-refractivity contribution < 1.29 is 37.8 Å². The number of halogens is 1. The molecule has 0 unspecified atom stereocenters. The van der Waals surface area contributed by atoms with Crippen molar-refractivity contribution in [3.8, 4) is 0 Å². The third-order valence-corrected chi connectivity index (χ3v) is 0. The smallest absolute Gasteiger partial charge is 0.274 e. The van der Waals surface area contributed by atoms with Crippen molar-refractivity contribution in [2.24, 2.45) is 0 Å². The monoisotopic (exact) mass is 160 g/mol. The molecular formula is HClO6Si. The van der Waals surface area contributed by atoms with Gasteiger partial charge in [0.05, 0.1) is 14.9 Å². The molecule has 0 bridgehead atoms. The van der Waals surface area contributed by atoms with Gasteiger partial charge < -0.3 is 0 Å². The average molecular weight is 161 g/mol. The highest BCUT2D eigenvalue weighted by molar-refractivity contribution is 5.94. The average Bonchev–Trinajstić information content (AvgIpc) is 1.27. The summed E-state index contributed by atoms with van der Waals surface area (Å²) < 4.78 is 49.5. The molecule has 0 aromatic carbocycles. The summed E-state index contributed by atoms with van der Waals surface area (Å²) in [6.07, 6.45) is 0. The standard InChI is InChI=1S/ClHO4.O2Si/c2-1(3,4)5;1-3-2/h(H,2,3,4,5);. The Kier molecular flexibility index (Phi) is 6.90. The maximum atomic E-state index is 8.60. The van der Waals surface area contributed by atoms with Gasteiger partial charge in [-0.25, -0.2) is 0 Å². The molecule has 8 heavy (non-hydrogen) atoms. The summed E-state index contributed by atoms with van der Waals surface area (Å²) in [4.78, 5) is 0. The van der Waals surface area contributed by atoms with Crippen LogP contribution in [0.2, 0.25) is 0 Å². The molecule has 8 heteroatoms. The van der Waals surface area contributed by atoms with Crippen molar-refractivity contribution >= 4 is 9.29 Å². The fourth-order valence-electron chi connectivity index (χ4n) is 0. The summed E-state index contributed by atoms with van der Waals surface area (Å²) in [6.45, 7) is 0. The Morgan fingerprint density at radius 3 is 1.25 bits per heavy atom. The van der Waals surface area contributed by atoms with Crippen molar-refractivity contribution in [1.82, 2.24) is 0 Å². The van der Waals surface area contributed by atoms with Crippen LogP contribution in [0, 0.1) is 10.2 Å². The van der Waals surface area contributed by atoms with E-state index in [1.54, 1.807) is 0 Å². The lowest BCUT2D eigenvalue weighted by Gasteiger charge is -2.03. The van der Waals surface area contributed by atoms with E-state index in [1.807, 2.05) is 0 Å². The van der Waals surface area contributed by atoms with Crippen LogP contribution in [0.5, 0.6) is 0 Å². The first-order chi connectivity index (χ1) is 3.41. The molecule has 0 aromatic heterocycles. The van der Waals surface area contributed by atoms with E-state index in [4.69, 9.17) is 27.6 Å². The van der Waals surface area contributed by atoms with Crippen LogP contribution in [-0.4, -0.2) is 14.0 Å². The summed E-state index contributed by atoms with van der Waals surface area (Å²) >= 11 is 0. The lowest BCUT2D eigenvalue weighted by atomic mass is 15.8. The zero-order valence-electron chi connectivity index (χ0n) is 3.37. The highest BCUT2D eigenvalue weighted by Gasteiger charge is 1.98. The molecule has 0 heterocycles. The predicted octanol–water partition coefficient (Wildman–Crippen LogP) is -4.74. The van der Waals surface area contributed by atoms with Crippen LogP contribution in [0.3, 0.4) is 0 Å². The van der Waals surface area contributed by atoms with Gasteiger partial charge in [0.25, 0.3) is 0 Å². The van der Waals surface area contributed by atoms with Gasteiger partial charge in [-0.3, -0.25) is 8.92 Å². The van der Waals surface area contributed by atoms with E-state index in [2.05, 4.69) is 0 Å². The van der Waals surface area contributed by atoms with E-state index >= 15 is 0 Å². The van der Waals surface area contributed by atoms with Gasteiger partial charge in [-0.05, 0) is 0 Å². The molecule has 6 nitrogen and oxygen atoms in total. The van der Waals surface area contributed by atoms with Gasteiger partial charge in [-0.1, -0.05) is 0 Å². The maximum Gasteiger partial charge on any atom is 0.549 e. The quantitative estimate of drug-likeness (QED) is 0.355. The molecule has 0 aliphatic carbocycles. The second-order valence-corrected chi connectivity index (χ2v) is 1.44.